The minimum Gasteiger partial charge on any atom is -0.396 e. The number of hydrogen-bond acceptors (Lipinski definition) is 3. The summed E-state index contributed by atoms with van der Waals surface area (Å²) >= 11 is 0. The lowest BCUT2D eigenvalue weighted by molar-refractivity contribution is -0.0232. The standard InChI is InChI=1S/C24H24O3/c1-27-24(21-15-9-4-10-16-21,23(26)20-13-7-3-8-14-20)22(17-18-25)19-11-5-2-6-12-19/h2-16,22,25H,17-18H2,1H3/t22-,24+/m1/s1. The maximum absolute atomic E-state index is 13.8. The van der Waals surface area contributed by atoms with Crippen molar-refractivity contribution in [2.45, 2.75) is 17.9 Å². The minimum absolute atomic E-state index is 0.0421. The van der Waals surface area contributed by atoms with Gasteiger partial charge in [0, 0.05) is 25.2 Å². The molecule has 138 valence electrons. The van der Waals surface area contributed by atoms with Gasteiger partial charge in [0.15, 0.2) is 11.4 Å². The van der Waals surface area contributed by atoms with Crippen LogP contribution in [0.1, 0.15) is 33.8 Å². The van der Waals surface area contributed by atoms with Gasteiger partial charge in [-0.25, -0.2) is 0 Å². The Labute approximate surface area is 160 Å². The number of aliphatic hydroxyl groups excluding tert-OH is 1. The van der Waals surface area contributed by atoms with Gasteiger partial charge in [-0.3, -0.25) is 4.79 Å². The normalized spacial score (nSPS) is 14.3. The summed E-state index contributed by atoms with van der Waals surface area (Å²) in [6.45, 7) is -0.0421. The third-order valence-corrected chi connectivity index (χ3v) is 5.01. The van der Waals surface area contributed by atoms with Crippen LogP contribution in [0.5, 0.6) is 0 Å². The maximum atomic E-state index is 13.8. The topological polar surface area (TPSA) is 46.5 Å². The number of rotatable bonds is 8. The molecule has 0 unspecified atom stereocenters. The number of carbonyl (C=O) groups excluding carboxylic acids is 1. The molecule has 27 heavy (non-hydrogen) atoms. The van der Waals surface area contributed by atoms with Crippen LogP contribution >= 0.6 is 0 Å². The molecule has 0 saturated carbocycles. The Bertz CT molecular complexity index is 847. The van der Waals surface area contributed by atoms with Gasteiger partial charge in [-0.15, -0.1) is 0 Å². The van der Waals surface area contributed by atoms with E-state index >= 15 is 0 Å². The van der Waals surface area contributed by atoms with Crippen molar-refractivity contribution in [3.05, 3.63) is 108 Å². The van der Waals surface area contributed by atoms with Gasteiger partial charge in [0.25, 0.3) is 0 Å². The summed E-state index contributed by atoms with van der Waals surface area (Å²) in [5, 5.41) is 9.79. The van der Waals surface area contributed by atoms with E-state index in [9.17, 15) is 9.90 Å². The lowest BCUT2D eigenvalue weighted by Gasteiger charge is -2.39. The highest BCUT2D eigenvalue weighted by Gasteiger charge is 2.48. The van der Waals surface area contributed by atoms with Crippen molar-refractivity contribution in [1.29, 1.82) is 0 Å². The van der Waals surface area contributed by atoms with Crippen LogP contribution in [0.25, 0.3) is 0 Å². The van der Waals surface area contributed by atoms with Crippen LogP contribution in [0.3, 0.4) is 0 Å². The molecule has 0 spiro atoms. The smallest absolute Gasteiger partial charge is 0.199 e. The number of carbonyl (C=O) groups is 1. The summed E-state index contributed by atoms with van der Waals surface area (Å²) in [7, 11) is 1.57. The summed E-state index contributed by atoms with van der Waals surface area (Å²) < 4.78 is 6.05. The van der Waals surface area contributed by atoms with E-state index in [1.54, 1.807) is 19.2 Å². The van der Waals surface area contributed by atoms with Gasteiger partial charge in [0.2, 0.25) is 0 Å². The van der Waals surface area contributed by atoms with Crippen LogP contribution in [-0.4, -0.2) is 24.6 Å². The third kappa shape index (κ3) is 3.70. The summed E-state index contributed by atoms with van der Waals surface area (Å²) in [6, 6.07) is 28.5. The van der Waals surface area contributed by atoms with E-state index in [0.29, 0.717) is 12.0 Å². The molecule has 3 nitrogen and oxygen atoms in total. The SMILES string of the molecule is CO[C@@](C(=O)c1ccccc1)(c1ccccc1)[C@H](CCO)c1ccccc1. The van der Waals surface area contributed by atoms with Crippen molar-refractivity contribution in [2.75, 3.05) is 13.7 Å². The first-order valence-electron chi connectivity index (χ1n) is 9.10. The molecule has 0 fully saturated rings. The first-order valence-corrected chi connectivity index (χ1v) is 9.10. The molecule has 0 aliphatic carbocycles. The molecule has 1 N–H and O–H groups in total. The van der Waals surface area contributed by atoms with Gasteiger partial charge in [-0.1, -0.05) is 91.0 Å². The van der Waals surface area contributed by atoms with E-state index in [0.717, 1.165) is 11.1 Å². The molecule has 2 atom stereocenters. The van der Waals surface area contributed by atoms with Crippen LogP contribution in [0.15, 0.2) is 91.0 Å². The Balaban J connectivity index is 2.24. The van der Waals surface area contributed by atoms with Crippen molar-refractivity contribution < 1.29 is 14.6 Å². The molecule has 0 aromatic heterocycles. The Morgan fingerprint density at radius 1 is 0.889 bits per heavy atom. The van der Waals surface area contributed by atoms with E-state index in [1.165, 1.54) is 0 Å². The molecule has 0 amide bonds. The molecule has 0 aliphatic heterocycles. The number of ether oxygens (including phenoxy) is 1. The van der Waals surface area contributed by atoms with E-state index in [2.05, 4.69) is 0 Å². The zero-order valence-electron chi connectivity index (χ0n) is 15.4. The number of methoxy groups -OCH3 is 1. The Kier molecular flexibility index (Phi) is 6.17. The van der Waals surface area contributed by atoms with E-state index < -0.39 is 5.60 Å². The molecule has 0 radical (unpaired) electrons. The highest BCUT2D eigenvalue weighted by atomic mass is 16.5. The minimum atomic E-state index is -1.23. The average Bonchev–Trinajstić information content (AvgIpc) is 2.76. The van der Waals surface area contributed by atoms with Crippen LogP contribution in [0, 0.1) is 0 Å². The van der Waals surface area contributed by atoms with E-state index in [-0.39, 0.29) is 18.3 Å². The molecular formula is C24H24O3. The van der Waals surface area contributed by atoms with Crippen molar-refractivity contribution in [3.63, 3.8) is 0 Å². The molecule has 0 bridgehead atoms. The summed E-state index contributed by atoms with van der Waals surface area (Å²) in [5.41, 5.74) is 1.10. The average molecular weight is 360 g/mol. The van der Waals surface area contributed by atoms with Crippen molar-refractivity contribution in [3.8, 4) is 0 Å². The predicted octanol–water partition coefficient (Wildman–Crippen LogP) is 4.58. The zero-order chi connectivity index (χ0) is 19.1. The second kappa shape index (κ2) is 8.76. The van der Waals surface area contributed by atoms with E-state index in [1.807, 2.05) is 78.9 Å². The number of Topliss-reactive ketones (excluding diaryl/α,β-unsaturated/α-hetero) is 1. The Morgan fingerprint density at radius 3 is 1.93 bits per heavy atom. The van der Waals surface area contributed by atoms with E-state index in [4.69, 9.17) is 4.74 Å². The number of ketones is 1. The van der Waals surface area contributed by atoms with Crippen LogP contribution < -0.4 is 0 Å². The molecule has 3 heteroatoms. The first-order chi connectivity index (χ1) is 13.2. The van der Waals surface area contributed by atoms with Crippen molar-refractivity contribution >= 4 is 5.78 Å². The molecule has 0 saturated heterocycles. The fourth-order valence-corrected chi connectivity index (χ4v) is 3.75. The van der Waals surface area contributed by atoms with Crippen LogP contribution in [0.4, 0.5) is 0 Å². The summed E-state index contributed by atoms with van der Waals surface area (Å²) in [6.07, 6.45) is 0.408. The lowest BCUT2D eigenvalue weighted by Crippen LogP contribution is -2.44. The highest BCUT2D eigenvalue weighted by Crippen LogP contribution is 2.44. The van der Waals surface area contributed by atoms with Crippen molar-refractivity contribution in [1.82, 2.24) is 0 Å². The van der Waals surface area contributed by atoms with Gasteiger partial charge < -0.3 is 9.84 Å². The third-order valence-electron chi connectivity index (χ3n) is 5.01. The lowest BCUT2D eigenvalue weighted by atomic mass is 9.71. The van der Waals surface area contributed by atoms with Gasteiger partial charge in [0.1, 0.15) is 0 Å². The van der Waals surface area contributed by atoms with Crippen LogP contribution in [0.2, 0.25) is 0 Å². The maximum Gasteiger partial charge on any atom is 0.199 e. The van der Waals surface area contributed by atoms with Gasteiger partial charge in [-0.05, 0) is 17.5 Å². The van der Waals surface area contributed by atoms with Gasteiger partial charge in [-0.2, -0.15) is 0 Å². The highest BCUT2D eigenvalue weighted by molar-refractivity contribution is 6.03. The summed E-state index contributed by atoms with van der Waals surface area (Å²) in [4.78, 5) is 13.8. The molecular weight excluding hydrogens is 336 g/mol. The van der Waals surface area contributed by atoms with Gasteiger partial charge in [0.05, 0.1) is 0 Å². The number of hydrogen-bond donors (Lipinski definition) is 1. The van der Waals surface area contributed by atoms with Crippen molar-refractivity contribution in [2.24, 2.45) is 0 Å². The number of benzene rings is 3. The quantitative estimate of drug-likeness (QED) is 0.598. The zero-order valence-corrected chi connectivity index (χ0v) is 15.4. The Morgan fingerprint density at radius 2 is 1.41 bits per heavy atom. The number of aliphatic hydroxyl groups is 1. The van der Waals surface area contributed by atoms with Gasteiger partial charge >= 0.3 is 0 Å². The molecule has 0 aliphatic rings. The van der Waals surface area contributed by atoms with Crippen LogP contribution in [-0.2, 0) is 10.3 Å². The fourth-order valence-electron chi connectivity index (χ4n) is 3.75. The summed E-state index contributed by atoms with van der Waals surface area (Å²) in [5.74, 6) is -0.442. The molecule has 3 aromatic rings. The first kappa shape index (κ1) is 19.0. The monoisotopic (exact) mass is 360 g/mol. The fraction of sp³-hybridized carbons (Fsp3) is 0.208. The predicted molar refractivity (Wildman–Crippen MR) is 107 cm³/mol. The largest absolute Gasteiger partial charge is 0.396 e. The molecule has 3 rings (SSSR count). The second-order valence-electron chi connectivity index (χ2n) is 6.48. The molecule has 0 heterocycles. The Hall–Kier alpha value is -2.75. The second-order valence-corrected chi connectivity index (χ2v) is 6.48. The molecule has 3 aromatic carbocycles.